The smallest absolute Gasteiger partial charge is 0.340 e. The summed E-state index contributed by atoms with van der Waals surface area (Å²) in [6.45, 7) is -0.569. The standard InChI is InChI=1S/C17H20N6O4/c24-15(20-17(26)19-12-6-2-1-3-7-12)10-27-16(25)13-8-4-5-9-14(13)23-11-18-21-22-23/h4-5,8-9,11-12H,1-3,6-7,10H2,(H2,19,20,24,26). The van der Waals surface area contributed by atoms with Gasteiger partial charge >= 0.3 is 12.0 Å². The molecule has 1 aromatic heterocycles. The Balaban J connectivity index is 1.50. The van der Waals surface area contributed by atoms with Crippen LogP contribution in [0.25, 0.3) is 5.69 Å². The summed E-state index contributed by atoms with van der Waals surface area (Å²) in [7, 11) is 0. The second-order valence-electron chi connectivity index (χ2n) is 6.20. The maximum Gasteiger partial charge on any atom is 0.340 e. The van der Waals surface area contributed by atoms with Gasteiger partial charge in [0, 0.05) is 6.04 Å². The van der Waals surface area contributed by atoms with E-state index in [2.05, 4.69) is 26.2 Å². The zero-order valence-electron chi connectivity index (χ0n) is 14.6. The van der Waals surface area contributed by atoms with Crippen molar-refractivity contribution < 1.29 is 19.1 Å². The predicted octanol–water partition coefficient (Wildman–Crippen LogP) is 0.978. The molecule has 0 bridgehead atoms. The molecule has 3 rings (SSSR count). The lowest BCUT2D eigenvalue weighted by atomic mass is 9.96. The van der Waals surface area contributed by atoms with Crippen LogP contribution in [0.2, 0.25) is 0 Å². The lowest BCUT2D eigenvalue weighted by Gasteiger charge is -2.22. The molecule has 10 nitrogen and oxygen atoms in total. The predicted molar refractivity (Wildman–Crippen MR) is 93.0 cm³/mol. The summed E-state index contributed by atoms with van der Waals surface area (Å²) in [6, 6.07) is 6.06. The molecule has 1 fully saturated rings. The third-order valence-electron chi connectivity index (χ3n) is 4.25. The average Bonchev–Trinajstić information content (AvgIpc) is 3.21. The highest BCUT2D eigenvalue weighted by Gasteiger charge is 2.19. The number of carbonyl (C=O) groups is 3. The highest BCUT2D eigenvalue weighted by molar-refractivity contribution is 5.98. The molecule has 142 valence electrons. The number of carbonyl (C=O) groups excluding carboxylic acids is 3. The van der Waals surface area contributed by atoms with E-state index in [1.807, 2.05) is 0 Å². The van der Waals surface area contributed by atoms with Gasteiger partial charge in [-0.3, -0.25) is 10.1 Å². The number of aromatic nitrogens is 4. The number of hydrogen-bond acceptors (Lipinski definition) is 7. The van der Waals surface area contributed by atoms with Gasteiger partial charge in [0.05, 0.1) is 11.3 Å². The second kappa shape index (κ2) is 8.88. The van der Waals surface area contributed by atoms with Crippen molar-refractivity contribution in [1.29, 1.82) is 0 Å². The Morgan fingerprint density at radius 2 is 1.93 bits per heavy atom. The second-order valence-corrected chi connectivity index (χ2v) is 6.20. The Hall–Kier alpha value is -3.30. The lowest BCUT2D eigenvalue weighted by Crippen LogP contribution is -2.46. The van der Waals surface area contributed by atoms with Gasteiger partial charge in [0.2, 0.25) is 0 Å². The fourth-order valence-corrected chi connectivity index (χ4v) is 2.96. The number of esters is 1. The van der Waals surface area contributed by atoms with Gasteiger partial charge in [0.25, 0.3) is 5.91 Å². The number of ether oxygens (including phenoxy) is 1. The molecule has 1 saturated carbocycles. The van der Waals surface area contributed by atoms with Gasteiger partial charge in [0.1, 0.15) is 6.33 Å². The number of para-hydroxylation sites is 1. The Kier molecular flexibility index (Phi) is 6.08. The monoisotopic (exact) mass is 372 g/mol. The lowest BCUT2D eigenvalue weighted by molar-refractivity contribution is -0.123. The minimum Gasteiger partial charge on any atom is -0.452 e. The maximum atomic E-state index is 12.3. The van der Waals surface area contributed by atoms with Crippen LogP contribution < -0.4 is 10.6 Å². The van der Waals surface area contributed by atoms with Crippen LogP contribution in [0, 0.1) is 0 Å². The van der Waals surface area contributed by atoms with E-state index >= 15 is 0 Å². The zero-order valence-corrected chi connectivity index (χ0v) is 14.6. The quantitative estimate of drug-likeness (QED) is 0.749. The molecule has 0 spiro atoms. The molecule has 0 radical (unpaired) electrons. The van der Waals surface area contributed by atoms with Crippen molar-refractivity contribution in [2.45, 2.75) is 38.1 Å². The van der Waals surface area contributed by atoms with E-state index in [4.69, 9.17) is 4.74 Å². The van der Waals surface area contributed by atoms with Crippen molar-refractivity contribution in [3.05, 3.63) is 36.2 Å². The molecular formula is C17H20N6O4. The fourth-order valence-electron chi connectivity index (χ4n) is 2.96. The van der Waals surface area contributed by atoms with Crippen molar-refractivity contribution in [2.75, 3.05) is 6.61 Å². The molecular weight excluding hydrogens is 352 g/mol. The van der Waals surface area contributed by atoms with Crippen LogP contribution in [0.1, 0.15) is 42.5 Å². The van der Waals surface area contributed by atoms with Gasteiger partial charge in [-0.1, -0.05) is 31.4 Å². The molecule has 10 heteroatoms. The van der Waals surface area contributed by atoms with Gasteiger partial charge in [-0.15, -0.1) is 5.10 Å². The Morgan fingerprint density at radius 3 is 2.67 bits per heavy atom. The molecule has 1 aliphatic carbocycles. The molecule has 27 heavy (non-hydrogen) atoms. The van der Waals surface area contributed by atoms with E-state index in [1.54, 1.807) is 18.2 Å². The van der Waals surface area contributed by atoms with Gasteiger partial charge in [-0.05, 0) is 35.4 Å². The summed E-state index contributed by atoms with van der Waals surface area (Å²) in [6.07, 6.45) is 6.46. The summed E-state index contributed by atoms with van der Waals surface area (Å²) in [5.74, 6) is -1.42. The first-order valence-corrected chi connectivity index (χ1v) is 8.73. The minimum atomic E-state index is -0.719. The summed E-state index contributed by atoms with van der Waals surface area (Å²) < 4.78 is 6.32. The molecule has 2 N–H and O–H groups in total. The zero-order chi connectivity index (χ0) is 19.1. The Morgan fingerprint density at radius 1 is 1.15 bits per heavy atom. The number of urea groups is 1. The molecule has 1 heterocycles. The summed E-state index contributed by atoms with van der Waals surface area (Å²) in [5, 5.41) is 15.7. The van der Waals surface area contributed by atoms with E-state index in [0.29, 0.717) is 5.69 Å². The summed E-state index contributed by atoms with van der Waals surface area (Å²) >= 11 is 0. The number of tetrazole rings is 1. The molecule has 0 aliphatic heterocycles. The highest BCUT2D eigenvalue weighted by atomic mass is 16.5. The van der Waals surface area contributed by atoms with Crippen LogP contribution in [0.3, 0.4) is 0 Å². The van der Waals surface area contributed by atoms with Crippen LogP contribution in [0.5, 0.6) is 0 Å². The molecule has 0 saturated heterocycles. The van der Waals surface area contributed by atoms with E-state index in [-0.39, 0.29) is 11.6 Å². The van der Waals surface area contributed by atoms with Crippen molar-refractivity contribution in [3.8, 4) is 5.69 Å². The first-order valence-electron chi connectivity index (χ1n) is 8.73. The number of amides is 3. The van der Waals surface area contributed by atoms with Crippen molar-refractivity contribution in [3.63, 3.8) is 0 Å². The first-order chi connectivity index (χ1) is 13.1. The SMILES string of the molecule is O=C(COC(=O)c1ccccc1-n1cnnn1)NC(=O)NC1CCCCC1. The number of nitrogens with zero attached hydrogens (tertiary/aromatic N) is 4. The van der Waals surface area contributed by atoms with Crippen molar-refractivity contribution in [1.82, 2.24) is 30.8 Å². The first kappa shape index (κ1) is 18.5. The van der Waals surface area contributed by atoms with Crippen LogP contribution in [-0.2, 0) is 9.53 Å². The molecule has 2 aromatic rings. The topological polar surface area (TPSA) is 128 Å². The van der Waals surface area contributed by atoms with Gasteiger partial charge in [0.15, 0.2) is 6.61 Å². The normalized spacial score (nSPS) is 14.4. The molecule has 0 unspecified atom stereocenters. The minimum absolute atomic E-state index is 0.0808. The number of imide groups is 1. The van der Waals surface area contributed by atoms with Crippen molar-refractivity contribution in [2.24, 2.45) is 0 Å². The summed E-state index contributed by atoms with van der Waals surface area (Å²) in [5.41, 5.74) is 0.618. The third kappa shape index (κ3) is 5.09. The largest absolute Gasteiger partial charge is 0.452 e. The van der Waals surface area contributed by atoms with E-state index in [0.717, 1.165) is 25.7 Å². The van der Waals surface area contributed by atoms with Crippen LogP contribution in [0.15, 0.2) is 30.6 Å². The van der Waals surface area contributed by atoms with Gasteiger partial charge in [-0.2, -0.15) is 4.68 Å². The van der Waals surface area contributed by atoms with Crippen LogP contribution in [-0.4, -0.2) is 50.8 Å². The number of benzene rings is 1. The summed E-state index contributed by atoms with van der Waals surface area (Å²) in [4.78, 5) is 36.0. The molecule has 3 amide bonds. The van der Waals surface area contributed by atoms with Crippen molar-refractivity contribution >= 4 is 17.9 Å². The highest BCUT2D eigenvalue weighted by Crippen LogP contribution is 2.17. The molecule has 1 aromatic carbocycles. The molecule has 0 atom stereocenters. The van der Waals surface area contributed by atoms with Crippen LogP contribution >= 0.6 is 0 Å². The maximum absolute atomic E-state index is 12.3. The van der Waals surface area contributed by atoms with E-state index in [9.17, 15) is 14.4 Å². The molecule has 1 aliphatic rings. The number of hydrogen-bond donors (Lipinski definition) is 2. The third-order valence-corrected chi connectivity index (χ3v) is 4.25. The number of rotatable bonds is 5. The van der Waals surface area contributed by atoms with E-state index in [1.165, 1.54) is 23.5 Å². The Labute approximate surface area is 155 Å². The fraction of sp³-hybridized carbons (Fsp3) is 0.412. The van der Waals surface area contributed by atoms with Crippen LogP contribution in [0.4, 0.5) is 4.79 Å². The van der Waals surface area contributed by atoms with Gasteiger partial charge < -0.3 is 10.1 Å². The van der Waals surface area contributed by atoms with E-state index < -0.39 is 24.5 Å². The number of nitrogens with one attached hydrogen (secondary N) is 2. The Bertz CT molecular complexity index is 802. The average molecular weight is 372 g/mol. The van der Waals surface area contributed by atoms with Gasteiger partial charge in [-0.25, -0.2) is 9.59 Å².